The maximum atomic E-state index is 13.4. The first-order valence-corrected chi connectivity index (χ1v) is 10.9. The SMILES string of the molecule is O=S(=O)(c1cc(Cl)cc(Cl)c1O)N1CC2(CCOCC2)C1c1ccccc1. The molecule has 2 aromatic rings. The number of halogens is 2. The van der Waals surface area contributed by atoms with E-state index < -0.39 is 15.8 Å². The first-order chi connectivity index (χ1) is 12.8. The molecule has 0 aromatic heterocycles. The van der Waals surface area contributed by atoms with Crippen molar-refractivity contribution >= 4 is 33.2 Å². The van der Waals surface area contributed by atoms with Crippen LogP contribution in [0.15, 0.2) is 47.4 Å². The standard InChI is InChI=1S/C19H19Cl2NO4S/c20-14-10-15(21)17(23)16(11-14)27(24,25)22-12-19(6-8-26-9-7-19)18(22)13-4-2-1-3-5-13/h1-5,10-11,18,23H,6-9,12H2. The molecule has 2 aliphatic rings. The molecule has 8 heteroatoms. The van der Waals surface area contributed by atoms with Gasteiger partial charge in [-0.25, -0.2) is 8.42 Å². The van der Waals surface area contributed by atoms with Gasteiger partial charge in [0, 0.05) is 30.2 Å². The highest BCUT2D eigenvalue weighted by Crippen LogP contribution is 2.57. The van der Waals surface area contributed by atoms with Crippen molar-refractivity contribution in [3.05, 3.63) is 58.1 Å². The summed E-state index contributed by atoms with van der Waals surface area (Å²) in [5.74, 6) is -0.471. The number of aromatic hydroxyl groups is 1. The highest BCUT2D eigenvalue weighted by atomic mass is 35.5. The largest absolute Gasteiger partial charge is 0.505 e. The second kappa shape index (κ2) is 6.94. The molecule has 1 N–H and O–H groups in total. The van der Waals surface area contributed by atoms with E-state index in [2.05, 4.69) is 0 Å². The van der Waals surface area contributed by atoms with Gasteiger partial charge >= 0.3 is 0 Å². The van der Waals surface area contributed by atoms with E-state index in [1.54, 1.807) is 0 Å². The molecule has 0 amide bonds. The Morgan fingerprint density at radius 1 is 1.11 bits per heavy atom. The van der Waals surface area contributed by atoms with Crippen molar-refractivity contribution in [2.75, 3.05) is 19.8 Å². The average molecular weight is 428 g/mol. The lowest BCUT2D eigenvalue weighted by atomic mass is 9.65. The summed E-state index contributed by atoms with van der Waals surface area (Å²) in [4.78, 5) is -0.261. The molecule has 2 heterocycles. The number of sulfonamides is 1. The second-order valence-corrected chi connectivity index (χ2v) is 9.78. The van der Waals surface area contributed by atoms with Crippen LogP contribution in [0.2, 0.25) is 10.0 Å². The van der Waals surface area contributed by atoms with E-state index in [9.17, 15) is 13.5 Å². The van der Waals surface area contributed by atoms with Crippen molar-refractivity contribution in [2.45, 2.75) is 23.8 Å². The number of benzene rings is 2. The lowest BCUT2D eigenvalue weighted by molar-refractivity contribution is -0.0952. The van der Waals surface area contributed by atoms with Crippen LogP contribution in [0.4, 0.5) is 0 Å². The van der Waals surface area contributed by atoms with Crippen molar-refractivity contribution < 1.29 is 18.3 Å². The first-order valence-electron chi connectivity index (χ1n) is 8.68. The third-order valence-corrected chi connectivity index (χ3v) is 7.85. The van der Waals surface area contributed by atoms with Crippen LogP contribution in [0.3, 0.4) is 0 Å². The number of nitrogens with zero attached hydrogens (tertiary/aromatic N) is 1. The normalized spacial score (nSPS) is 22.5. The molecular weight excluding hydrogens is 409 g/mol. The molecule has 2 saturated heterocycles. The summed E-state index contributed by atoms with van der Waals surface area (Å²) in [6.45, 7) is 1.61. The molecular formula is C19H19Cl2NO4S. The number of hydrogen-bond acceptors (Lipinski definition) is 4. The Bertz CT molecular complexity index is 959. The van der Waals surface area contributed by atoms with E-state index in [4.69, 9.17) is 27.9 Å². The molecule has 1 atom stereocenters. The summed E-state index contributed by atoms with van der Waals surface area (Å²) < 4.78 is 33.7. The Kier molecular flexibility index (Phi) is 4.89. The zero-order valence-electron chi connectivity index (χ0n) is 14.4. The molecule has 1 spiro atoms. The van der Waals surface area contributed by atoms with E-state index in [0.717, 1.165) is 18.4 Å². The molecule has 2 aromatic carbocycles. The lowest BCUT2D eigenvalue weighted by Gasteiger charge is -2.58. The van der Waals surface area contributed by atoms with Crippen molar-refractivity contribution in [3.8, 4) is 5.75 Å². The molecule has 2 aliphatic heterocycles. The monoisotopic (exact) mass is 427 g/mol. The number of rotatable bonds is 3. The van der Waals surface area contributed by atoms with E-state index in [-0.39, 0.29) is 26.4 Å². The highest BCUT2D eigenvalue weighted by molar-refractivity contribution is 7.89. The van der Waals surface area contributed by atoms with Gasteiger partial charge in [-0.15, -0.1) is 0 Å². The molecule has 144 valence electrons. The fourth-order valence-corrected chi connectivity index (χ4v) is 6.68. The van der Waals surface area contributed by atoms with Gasteiger partial charge in [-0.1, -0.05) is 53.5 Å². The van der Waals surface area contributed by atoms with Crippen molar-refractivity contribution in [1.29, 1.82) is 0 Å². The quantitative estimate of drug-likeness (QED) is 0.794. The molecule has 1 unspecified atom stereocenters. The summed E-state index contributed by atoms with van der Waals surface area (Å²) in [5.41, 5.74) is 0.770. The molecule has 0 radical (unpaired) electrons. The van der Waals surface area contributed by atoms with Crippen LogP contribution >= 0.6 is 23.2 Å². The van der Waals surface area contributed by atoms with Crippen LogP contribution < -0.4 is 0 Å². The topological polar surface area (TPSA) is 66.8 Å². The van der Waals surface area contributed by atoms with Gasteiger partial charge in [-0.3, -0.25) is 0 Å². The Balaban J connectivity index is 1.79. The van der Waals surface area contributed by atoms with Crippen molar-refractivity contribution in [3.63, 3.8) is 0 Å². The van der Waals surface area contributed by atoms with Crippen LogP contribution in [0.5, 0.6) is 5.75 Å². The molecule has 0 bridgehead atoms. The van der Waals surface area contributed by atoms with Gasteiger partial charge in [0.2, 0.25) is 10.0 Å². The summed E-state index contributed by atoms with van der Waals surface area (Å²) in [5, 5.41) is 10.3. The lowest BCUT2D eigenvalue weighted by Crippen LogP contribution is -2.62. The van der Waals surface area contributed by atoms with Crippen LogP contribution in [0.1, 0.15) is 24.4 Å². The van der Waals surface area contributed by atoms with E-state index in [0.29, 0.717) is 19.8 Å². The van der Waals surface area contributed by atoms with Gasteiger partial charge in [0.15, 0.2) is 5.75 Å². The molecule has 5 nitrogen and oxygen atoms in total. The summed E-state index contributed by atoms with van der Waals surface area (Å²) in [6.07, 6.45) is 1.59. The maximum absolute atomic E-state index is 13.4. The third kappa shape index (κ3) is 3.13. The molecule has 0 saturated carbocycles. The highest BCUT2D eigenvalue weighted by Gasteiger charge is 2.58. The number of hydrogen-bond donors (Lipinski definition) is 1. The molecule has 0 aliphatic carbocycles. The predicted octanol–water partition coefficient (Wildman–Crippen LogP) is 4.24. The van der Waals surface area contributed by atoms with E-state index in [1.165, 1.54) is 16.4 Å². The Morgan fingerprint density at radius 3 is 2.44 bits per heavy atom. The van der Waals surface area contributed by atoms with Gasteiger partial charge in [0.25, 0.3) is 0 Å². The number of phenolic OH excluding ortho intramolecular Hbond substituents is 1. The molecule has 27 heavy (non-hydrogen) atoms. The van der Waals surface area contributed by atoms with E-state index >= 15 is 0 Å². The van der Waals surface area contributed by atoms with Gasteiger partial charge in [-0.05, 0) is 30.5 Å². The smallest absolute Gasteiger partial charge is 0.247 e. The van der Waals surface area contributed by atoms with Crippen LogP contribution in [-0.4, -0.2) is 37.6 Å². The van der Waals surface area contributed by atoms with Crippen LogP contribution in [0.25, 0.3) is 0 Å². The van der Waals surface area contributed by atoms with Crippen molar-refractivity contribution in [1.82, 2.24) is 4.31 Å². The fourth-order valence-electron chi connectivity index (χ4n) is 4.13. The minimum atomic E-state index is -3.98. The summed E-state index contributed by atoms with van der Waals surface area (Å²) in [7, 11) is -3.98. The predicted molar refractivity (Wildman–Crippen MR) is 104 cm³/mol. The van der Waals surface area contributed by atoms with Gasteiger partial charge < -0.3 is 9.84 Å². The van der Waals surface area contributed by atoms with Gasteiger partial charge in [0.1, 0.15) is 4.90 Å². The minimum absolute atomic E-state index is 0.0846. The van der Waals surface area contributed by atoms with Gasteiger partial charge in [0.05, 0.1) is 11.1 Å². The Hall–Kier alpha value is -1.31. The molecule has 2 fully saturated rings. The summed E-state index contributed by atoms with van der Waals surface area (Å²) >= 11 is 11.9. The maximum Gasteiger partial charge on any atom is 0.247 e. The van der Waals surface area contributed by atoms with Crippen LogP contribution in [-0.2, 0) is 14.8 Å². The van der Waals surface area contributed by atoms with E-state index in [1.807, 2.05) is 30.3 Å². The Labute approximate surface area is 168 Å². The number of phenols is 1. The van der Waals surface area contributed by atoms with Crippen LogP contribution in [0, 0.1) is 5.41 Å². The average Bonchev–Trinajstić information content (AvgIpc) is 2.64. The fraction of sp³-hybridized carbons (Fsp3) is 0.368. The number of ether oxygens (including phenoxy) is 1. The first kappa shape index (κ1) is 19.0. The summed E-state index contributed by atoms with van der Waals surface area (Å²) in [6, 6.07) is 11.8. The van der Waals surface area contributed by atoms with Gasteiger partial charge in [-0.2, -0.15) is 4.31 Å². The zero-order chi connectivity index (χ0) is 19.2. The second-order valence-electron chi connectivity index (χ2n) is 7.07. The zero-order valence-corrected chi connectivity index (χ0v) is 16.8. The minimum Gasteiger partial charge on any atom is -0.505 e. The van der Waals surface area contributed by atoms with Crippen molar-refractivity contribution in [2.24, 2.45) is 5.41 Å². The third-order valence-electron chi connectivity index (χ3n) is 5.52. The molecule has 4 rings (SSSR count). The Morgan fingerprint density at radius 2 is 1.78 bits per heavy atom.